The molecule has 4 nitrogen and oxygen atoms in total. The third kappa shape index (κ3) is 4.37. The smallest absolute Gasteiger partial charge is 0.137 e. The van der Waals surface area contributed by atoms with Gasteiger partial charge in [-0.05, 0) is 19.3 Å². The predicted molar refractivity (Wildman–Crippen MR) is 83.0 cm³/mol. The summed E-state index contributed by atoms with van der Waals surface area (Å²) in [6, 6.07) is 0. The van der Waals surface area contributed by atoms with E-state index in [2.05, 4.69) is 63.8 Å². The molecule has 0 radical (unpaired) electrons. The van der Waals surface area contributed by atoms with Crippen LogP contribution >= 0.6 is 0 Å². The molecule has 0 saturated carbocycles. The molecule has 0 bridgehead atoms. The topological polar surface area (TPSA) is 41.1 Å². The van der Waals surface area contributed by atoms with Crippen LogP contribution in [0.4, 0.5) is 11.6 Å². The zero-order chi connectivity index (χ0) is 14.6. The van der Waals surface area contributed by atoms with E-state index in [-0.39, 0.29) is 5.41 Å². The Morgan fingerprint density at radius 3 is 2.26 bits per heavy atom. The highest BCUT2D eigenvalue weighted by Gasteiger charge is 2.18. The Bertz CT molecular complexity index is 421. The fourth-order valence-corrected chi connectivity index (χ4v) is 2.21. The standard InChI is InChI=1S/C15H28N4/c1-8-12-17-13(16-9-2)11(3)14(18-12)19(7)10-15(4,5)6/h8-10H2,1-7H3,(H,16,17,18). The van der Waals surface area contributed by atoms with Crippen molar-refractivity contribution in [3.63, 3.8) is 0 Å². The monoisotopic (exact) mass is 264 g/mol. The van der Waals surface area contributed by atoms with Gasteiger partial charge in [0.15, 0.2) is 0 Å². The van der Waals surface area contributed by atoms with Gasteiger partial charge in [0, 0.05) is 32.1 Å². The van der Waals surface area contributed by atoms with Gasteiger partial charge in [-0.1, -0.05) is 27.7 Å². The Balaban J connectivity index is 3.14. The van der Waals surface area contributed by atoms with E-state index in [9.17, 15) is 0 Å². The van der Waals surface area contributed by atoms with Crippen LogP contribution < -0.4 is 10.2 Å². The van der Waals surface area contributed by atoms with Gasteiger partial charge in [-0.3, -0.25) is 0 Å². The van der Waals surface area contributed by atoms with Gasteiger partial charge in [0.05, 0.1) is 0 Å². The lowest BCUT2D eigenvalue weighted by molar-refractivity contribution is 0.417. The second kappa shape index (κ2) is 6.22. The highest BCUT2D eigenvalue weighted by Crippen LogP contribution is 2.25. The third-order valence-corrected chi connectivity index (χ3v) is 2.90. The SMILES string of the molecule is CCNc1nc(CC)nc(N(C)CC(C)(C)C)c1C. The van der Waals surface area contributed by atoms with Crippen molar-refractivity contribution in [1.82, 2.24) is 9.97 Å². The maximum absolute atomic E-state index is 4.69. The van der Waals surface area contributed by atoms with Gasteiger partial charge < -0.3 is 10.2 Å². The van der Waals surface area contributed by atoms with Crippen LogP contribution in [-0.4, -0.2) is 30.1 Å². The number of nitrogens with one attached hydrogen (secondary N) is 1. The minimum atomic E-state index is 0.247. The van der Waals surface area contributed by atoms with Gasteiger partial charge in [0.25, 0.3) is 0 Å². The Hall–Kier alpha value is -1.32. The molecule has 1 heterocycles. The van der Waals surface area contributed by atoms with Crippen molar-refractivity contribution in [2.75, 3.05) is 30.4 Å². The number of hydrogen-bond acceptors (Lipinski definition) is 4. The van der Waals surface area contributed by atoms with E-state index in [1.807, 2.05) is 0 Å². The second-order valence-corrected chi connectivity index (χ2v) is 6.24. The fraction of sp³-hybridized carbons (Fsp3) is 0.733. The highest BCUT2D eigenvalue weighted by atomic mass is 15.2. The van der Waals surface area contributed by atoms with Crippen LogP contribution in [0.5, 0.6) is 0 Å². The zero-order valence-electron chi connectivity index (χ0n) is 13.5. The molecule has 0 spiro atoms. The summed E-state index contributed by atoms with van der Waals surface area (Å²) in [5.41, 5.74) is 1.38. The molecule has 1 aromatic heterocycles. The van der Waals surface area contributed by atoms with Crippen LogP contribution in [0.25, 0.3) is 0 Å². The summed E-state index contributed by atoms with van der Waals surface area (Å²) in [4.78, 5) is 11.5. The summed E-state index contributed by atoms with van der Waals surface area (Å²) in [6.45, 7) is 14.8. The number of anilines is 2. The van der Waals surface area contributed by atoms with E-state index in [0.717, 1.165) is 42.5 Å². The average molecular weight is 264 g/mol. The van der Waals surface area contributed by atoms with Crippen molar-refractivity contribution < 1.29 is 0 Å². The van der Waals surface area contributed by atoms with E-state index in [1.165, 1.54) is 0 Å². The molecule has 0 amide bonds. The summed E-state index contributed by atoms with van der Waals surface area (Å²) in [7, 11) is 2.11. The van der Waals surface area contributed by atoms with Crippen molar-refractivity contribution in [2.24, 2.45) is 5.41 Å². The molecule has 19 heavy (non-hydrogen) atoms. The maximum Gasteiger partial charge on any atom is 0.137 e. The first kappa shape index (κ1) is 15.7. The Labute approximate surface area is 117 Å². The second-order valence-electron chi connectivity index (χ2n) is 6.24. The molecule has 4 heteroatoms. The first-order valence-electron chi connectivity index (χ1n) is 7.11. The molecule has 1 aromatic rings. The molecule has 108 valence electrons. The van der Waals surface area contributed by atoms with E-state index in [4.69, 9.17) is 4.98 Å². The quantitative estimate of drug-likeness (QED) is 0.886. The van der Waals surface area contributed by atoms with Crippen molar-refractivity contribution in [3.8, 4) is 0 Å². The van der Waals surface area contributed by atoms with Gasteiger partial charge in [-0.25, -0.2) is 9.97 Å². The van der Waals surface area contributed by atoms with E-state index in [1.54, 1.807) is 0 Å². The largest absolute Gasteiger partial charge is 0.370 e. The number of hydrogen-bond donors (Lipinski definition) is 1. The fourth-order valence-electron chi connectivity index (χ4n) is 2.21. The molecule has 0 fully saturated rings. The van der Waals surface area contributed by atoms with E-state index < -0.39 is 0 Å². The van der Waals surface area contributed by atoms with Crippen molar-refractivity contribution in [1.29, 1.82) is 0 Å². The molecule has 0 aliphatic rings. The lowest BCUT2D eigenvalue weighted by atomic mass is 9.96. The Kier molecular flexibility index (Phi) is 5.15. The van der Waals surface area contributed by atoms with Crippen LogP contribution in [-0.2, 0) is 6.42 Å². The molecule has 0 aliphatic heterocycles. The van der Waals surface area contributed by atoms with Gasteiger partial charge >= 0.3 is 0 Å². The lowest BCUT2D eigenvalue weighted by Crippen LogP contribution is -2.31. The summed E-state index contributed by atoms with van der Waals surface area (Å²) in [5, 5.41) is 3.33. The van der Waals surface area contributed by atoms with E-state index in [0.29, 0.717) is 0 Å². The average Bonchev–Trinajstić information content (AvgIpc) is 2.29. The molecule has 0 aromatic carbocycles. The van der Waals surface area contributed by atoms with Crippen LogP contribution in [0.1, 0.15) is 46.0 Å². The Morgan fingerprint density at radius 2 is 1.79 bits per heavy atom. The van der Waals surface area contributed by atoms with Crippen molar-refractivity contribution in [2.45, 2.75) is 48.0 Å². The zero-order valence-corrected chi connectivity index (χ0v) is 13.5. The molecular formula is C15H28N4. The minimum Gasteiger partial charge on any atom is -0.370 e. The first-order chi connectivity index (χ1) is 8.78. The highest BCUT2D eigenvalue weighted by molar-refractivity contribution is 5.58. The van der Waals surface area contributed by atoms with Crippen LogP contribution in [0.15, 0.2) is 0 Å². The molecule has 1 N–H and O–H groups in total. The van der Waals surface area contributed by atoms with Crippen LogP contribution in [0, 0.1) is 12.3 Å². The molecule has 0 aliphatic carbocycles. The van der Waals surface area contributed by atoms with E-state index >= 15 is 0 Å². The molecule has 0 unspecified atom stereocenters. The summed E-state index contributed by atoms with van der Waals surface area (Å²) in [5.74, 6) is 2.90. The van der Waals surface area contributed by atoms with Gasteiger partial charge in [-0.2, -0.15) is 0 Å². The van der Waals surface area contributed by atoms with Gasteiger partial charge in [0.2, 0.25) is 0 Å². The Morgan fingerprint density at radius 1 is 1.16 bits per heavy atom. The molecular weight excluding hydrogens is 236 g/mol. The normalized spacial score (nSPS) is 11.5. The van der Waals surface area contributed by atoms with Crippen molar-refractivity contribution >= 4 is 11.6 Å². The van der Waals surface area contributed by atoms with Crippen molar-refractivity contribution in [3.05, 3.63) is 11.4 Å². The predicted octanol–water partition coefficient (Wildman–Crippen LogP) is 3.26. The third-order valence-electron chi connectivity index (χ3n) is 2.90. The molecule has 0 atom stereocenters. The van der Waals surface area contributed by atoms with Gasteiger partial charge in [-0.15, -0.1) is 0 Å². The lowest BCUT2D eigenvalue weighted by Gasteiger charge is -2.29. The number of rotatable bonds is 5. The number of aromatic nitrogens is 2. The summed E-state index contributed by atoms with van der Waals surface area (Å²) in [6.07, 6.45) is 0.856. The minimum absolute atomic E-state index is 0.247. The van der Waals surface area contributed by atoms with Crippen LogP contribution in [0.3, 0.4) is 0 Å². The molecule has 0 saturated heterocycles. The maximum atomic E-state index is 4.69. The first-order valence-corrected chi connectivity index (χ1v) is 7.11. The number of nitrogens with zero attached hydrogens (tertiary/aromatic N) is 3. The van der Waals surface area contributed by atoms with Gasteiger partial charge in [0.1, 0.15) is 17.5 Å². The van der Waals surface area contributed by atoms with Crippen LogP contribution in [0.2, 0.25) is 0 Å². The summed E-state index contributed by atoms with van der Waals surface area (Å²) >= 11 is 0. The number of aryl methyl sites for hydroxylation is 1. The summed E-state index contributed by atoms with van der Waals surface area (Å²) < 4.78 is 0. The molecule has 1 rings (SSSR count).